The Bertz CT molecular complexity index is 862. The van der Waals surface area contributed by atoms with Gasteiger partial charge in [-0.15, -0.1) is 0 Å². The first kappa shape index (κ1) is 24.3. The van der Waals surface area contributed by atoms with Crippen LogP contribution in [0.1, 0.15) is 38.7 Å². The van der Waals surface area contributed by atoms with Crippen LogP contribution < -0.4 is 5.32 Å². The molecular weight excluding hydrogens is 466 g/mol. The fraction of sp³-hybridized carbons (Fsp3) is 0.462. The number of amides is 3. The molecule has 172 valence electrons. The van der Waals surface area contributed by atoms with Crippen LogP contribution in [0.15, 0.2) is 59.1 Å². The Balaban J connectivity index is 1.47. The standard InChI is InChI=1S/C26H34BrN3O2/c1-20(2)19-30(26(32)28-24-10-8-23(27)9-11-24)17-14-25(31)29-15-12-22(13-16-29)18-21-6-4-3-5-7-21/h3-11,20,22H,12-19H2,1-2H3,(H,28,32). The average molecular weight is 500 g/mol. The molecule has 0 radical (unpaired) electrons. The van der Waals surface area contributed by atoms with Crippen LogP contribution in [0, 0.1) is 11.8 Å². The van der Waals surface area contributed by atoms with Crippen LogP contribution in [-0.4, -0.2) is 47.9 Å². The van der Waals surface area contributed by atoms with Gasteiger partial charge in [-0.05, 0) is 60.9 Å². The van der Waals surface area contributed by atoms with Gasteiger partial charge in [0.15, 0.2) is 0 Å². The number of nitrogens with one attached hydrogen (secondary N) is 1. The largest absolute Gasteiger partial charge is 0.343 e. The van der Waals surface area contributed by atoms with Crippen LogP contribution in [0.2, 0.25) is 0 Å². The molecule has 0 aromatic heterocycles. The number of nitrogens with zero attached hydrogens (tertiary/aromatic N) is 2. The van der Waals surface area contributed by atoms with Crippen molar-refractivity contribution < 1.29 is 9.59 Å². The van der Waals surface area contributed by atoms with Crippen molar-refractivity contribution in [3.63, 3.8) is 0 Å². The van der Waals surface area contributed by atoms with Crippen LogP contribution in [0.3, 0.4) is 0 Å². The number of likely N-dealkylation sites (tertiary alicyclic amines) is 1. The number of piperidine rings is 1. The number of rotatable bonds is 8. The highest BCUT2D eigenvalue weighted by Gasteiger charge is 2.24. The van der Waals surface area contributed by atoms with E-state index in [-0.39, 0.29) is 11.9 Å². The third-order valence-corrected chi connectivity index (χ3v) is 6.43. The molecule has 0 bridgehead atoms. The summed E-state index contributed by atoms with van der Waals surface area (Å²) in [7, 11) is 0. The second-order valence-corrected chi connectivity index (χ2v) is 9.96. The number of carbonyl (C=O) groups excluding carboxylic acids is 2. The van der Waals surface area contributed by atoms with Gasteiger partial charge in [0.25, 0.3) is 0 Å². The van der Waals surface area contributed by atoms with Crippen LogP contribution in [0.25, 0.3) is 0 Å². The van der Waals surface area contributed by atoms with Gasteiger partial charge >= 0.3 is 6.03 Å². The van der Waals surface area contributed by atoms with E-state index in [0.717, 1.165) is 42.5 Å². The van der Waals surface area contributed by atoms with Crippen molar-refractivity contribution in [3.8, 4) is 0 Å². The minimum absolute atomic E-state index is 0.147. The van der Waals surface area contributed by atoms with E-state index in [2.05, 4.69) is 59.4 Å². The Morgan fingerprint density at radius 1 is 1.06 bits per heavy atom. The fourth-order valence-electron chi connectivity index (χ4n) is 4.17. The maximum atomic E-state index is 12.8. The van der Waals surface area contributed by atoms with Gasteiger partial charge in [0.1, 0.15) is 0 Å². The highest BCUT2D eigenvalue weighted by Crippen LogP contribution is 2.22. The molecule has 2 aromatic carbocycles. The topological polar surface area (TPSA) is 52.7 Å². The minimum atomic E-state index is -0.157. The first-order valence-electron chi connectivity index (χ1n) is 11.5. The zero-order valence-electron chi connectivity index (χ0n) is 19.1. The zero-order chi connectivity index (χ0) is 22.9. The second-order valence-electron chi connectivity index (χ2n) is 9.04. The summed E-state index contributed by atoms with van der Waals surface area (Å²) in [4.78, 5) is 29.4. The first-order valence-corrected chi connectivity index (χ1v) is 12.3. The van der Waals surface area contributed by atoms with Gasteiger partial charge < -0.3 is 15.1 Å². The molecule has 3 amide bonds. The predicted octanol–water partition coefficient (Wildman–Crippen LogP) is 5.81. The van der Waals surface area contributed by atoms with Crippen molar-refractivity contribution >= 4 is 33.6 Å². The molecule has 6 heteroatoms. The molecule has 3 rings (SSSR count). The lowest BCUT2D eigenvalue weighted by Gasteiger charge is -2.33. The lowest BCUT2D eigenvalue weighted by Crippen LogP contribution is -2.43. The summed E-state index contributed by atoms with van der Waals surface area (Å²) in [5, 5.41) is 2.95. The molecule has 2 aromatic rings. The Morgan fingerprint density at radius 3 is 2.34 bits per heavy atom. The molecule has 0 aliphatic carbocycles. The number of hydrogen-bond donors (Lipinski definition) is 1. The van der Waals surface area contributed by atoms with E-state index in [0.29, 0.717) is 31.3 Å². The molecule has 1 N–H and O–H groups in total. The molecule has 0 spiro atoms. The third kappa shape index (κ3) is 7.66. The number of anilines is 1. The lowest BCUT2D eigenvalue weighted by molar-refractivity contribution is -0.132. The molecule has 0 atom stereocenters. The molecule has 0 saturated carbocycles. The predicted molar refractivity (Wildman–Crippen MR) is 134 cm³/mol. The third-order valence-electron chi connectivity index (χ3n) is 5.90. The van der Waals surface area contributed by atoms with E-state index in [1.807, 2.05) is 35.2 Å². The fourth-order valence-corrected chi connectivity index (χ4v) is 4.44. The Kier molecular flexibility index (Phi) is 9.15. The highest BCUT2D eigenvalue weighted by molar-refractivity contribution is 9.10. The lowest BCUT2D eigenvalue weighted by atomic mass is 9.90. The number of benzene rings is 2. The monoisotopic (exact) mass is 499 g/mol. The Hall–Kier alpha value is -2.34. The normalized spacial score (nSPS) is 14.4. The molecule has 0 unspecified atom stereocenters. The van der Waals surface area contributed by atoms with Gasteiger partial charge in [0.2, 0.25) is 5.91 Å². The van der Waals surface area contributed by atoms with Crippen molar-refractivity contribution in [1.29, 1.82) is 0 Å². The van der Waals surface area contributed by atoms with Crippen molar-refractivity contribution in [1.82, 2.24) is 9.80 Å². The SMILES string of the molecule is CC(C)CN(CCC(=O)N1CCC(Cc2ccccc2)CC1)C(=O)Nc1ccc(Br)cc1. The van der Waals surface area contributed by atoms with Gasteiger partial charge in [0.05, 0.1) is 0 Å². The van der Waals surface area contributed by atoms with Crippen molar-refractivity contribution in [2.45, 2.75) is 39.5 Å². The van der Waals surface area contributed by atoms with E-state index in [1.165, 1.54) is 5.56 Å². The van der Waals surface area contributed by atoms with Gasteiger partial charge in [-0.3, -0.25) is 4.79 Å². The molecule has 1 fully saturated rings. The number of carbonyl (C=O) groups is 2. The number of halogens is 1. The van der Waals surface area contributed by atoms with Crippen LogP contribution >= 0.6 is 15.9 Å². The zero-order valence-corrected chi connectivity index (χ0v) is 20.7. The molecule has 5 nitrogen and oxygen atoms in total. The van der Waals surface area contributed by atoms with Crippen LogP contribution in [0.4, 0.5) is 10.5 Å². The molecule has 1 aliphatic rings. The van der Waals surface area contributed by atoms with Crippen LogP contribution in [-0.2, 0) is 11.2 Å². The molecule has 1 saturated heterocycles. The van der Waals surface area contributed by atoms with Gasteiger partial charge in [-0.1, -0.05) is 60.1 Å². The highest BCUT2D eigenvalue weighted by atomic mass is 79.9. The smallest absolute Gasteiger partial charge is 0.321 e. The van der Waals surface area contributed by atoms with Crippen LogP contribution in [0.5, 0.6) is 0 Å². The van der Waals surface area contributed by atoms with E-state index >= 15 is 0 Å². The summed E-state index contributed by atoms with van der Waals surface area (Å²) in [6, 6.07) is 17.9. The Labute approximate surface area is 200 Å². The molecule has 1 heterocycles. The number of hydrogen-bond acceptors (Lipinski definition) is 2. The van der Waals surface area contributed by atoms with Crippen molar-refractivity contribution in [3.05, 3.63) is 64.6 Å². The van der Waals surface area contributed by atoms with E-state index in [4.69, 9.17) is 0 Å². The van der Waals surface area contributed by atoms with Gasteiger partial charge in [0, 0.05) is 42.8 Å². The van der Waals surface area contributed by atoms with Crippen molar-refractivity contribution in [2.24, 2.45) is 11.8 Å². The van der Waals surface area contributed by atoms with Crippen molar-refractivity contribution in [2.75, 3.05) is 31.5 Å². The quantitative estimate of drug-likeness (QED) is 0.498. The second kappa shape index (κ2) is 12.0. The average Bonchev–Trinajstić information content (AvgIpc) is 2.79. The number of urea groups is 1. The Morgan fingerprint density at radius 2 is 1.72 bits per heavy atom. The first-order chi connectivity index (χ1) is 15.4. The summed E-state index contributed by atoms with van der Waals surface area (Å²) in [6.07, 6.45) is 3.53. The maximum Gasteiger partial charge on any atom is 0.321 e. The van der Waals surface area contributed by atoms with E-state index < -0.39 is 0 Å². The van der Waals surface area contributed by atoms with Gasteiger partial charge in [-0.25, -0.2) is 4.79 Å². The van der Waals surface area contributed by atoms with E-state index in [9.17, 15) is 9.59 Å². The molecule has 32 heavy (non-hydrogen) atoms. The van der Waals surface area contributed by atoms with E-state index in [1.54, 1.807) is 4.90 Å². The summed E-state index contributed by atoms with van der Waals surface area (Å²) in [6.45, 7) is 6.84. The molecule has 1 aliphatic heterocycles. The summed E-state index contributed by atoms with van der Waals surface area (Å²) < 4.78 is 0.965. The maximum absolute atomic E-state index is 12.8. The van der Waals surface area contributed by atoms with Gasteiger partial charge in [-0.2, -0.15) is 0 Å². The summed E-state index contributed by atoms with van der Waals surface area (Å²) in [5.41, 5.74) is 2.12. The molecular formula is C26H34BrN3O2. The summed E-state index contributed by atoms with van der Waals surface area (Å²) in [5.74, 6) is 1.11. The summed E-state index contributed by atoms with van der Waals surface area (Å²) >= 11 is 3.41. The minimum Gasteiger partial charge on any atom is -0.343 e.